The Morgan fingerprint density at radius 1 is 1.44 bits per heavy atom. The molecule has 0 saturated heterocycles. The first kappa shape index (κ1) is 12.4. The zero-order valence-electron chi connectivity index (χ0n) is 10.0. The number of hydrogen-bond donors (Lipinski definition) is 1. The molecule has 0 bridgehead atoms. The van der Waals surface area contributed by atoms with Crippen LogP contribution in [0.15, 0.2) is 18.6 Å². The summed E-state index contributed by atoms with van der Waals surface area (Å²) in [6, 6.07) is -0.219. The van der Waals surface area contributed by atoms with Gasteiger partial charge in [-0.25, -0.2) is 4.79 Å². The number of carbonyl (C=O) groups excluding carboxylic acids is 1. The van der Waals surface area contributed by atoms with Gasteiger partial charge in [-0.2, -0.15) is 0 Å². The minimum Gasteiger partial charge on any atom is -0.444 e. The molecule has 16 heavy (non-hydrogen) atoms. The second-order valence-electron chi connectivity index (χ2n) is 4.50. The van der Waals surface area contributed by atoms with Gasteiger partial charge >= 0.3 is 6.09 Å². The van der Waals surface area contributed by atoms with E-state index in [1.54, 1.807) is 18.6 Å². The van der Waals surface area contributed by atoms with Crippen molar-refractivity contribution >= 4 is 6.09 Å². The van der Waals surface area contributed by atoms with Gasteiger partial charge in [0.05, 0.1) is 17.9 Å². The van der Waals surface area contributed by atoms with Crippen LogP contribution >= 0.6 is 0 Å². The van der Waals surface area contributed by atoms with Gasteiger partial charge in [-0.15, -0.1) is 0 Å². The Bertz CT molecular complexity index is 346. The van der Waals surface area contributed by atoms with Crippen molar-refractivity contribution in [2.75, 3.05) is 0 Å². The molecule has 1 rings (SSSR count). The minimum absolute atomic E-state index is 0.219. The van der Waals surface area contributed by atoms with E-state index in [0.29, 0.717) is 5.69 Å². The Hall–Kier alpha value is -1.65. The molecule has 0 aliphatic carbocycles. The van der Waals surface area contributed by atoms with Gasteiger partial charge in [0.15, 0.2) is 0 Å². The summed E-state index contributed by atoms with van der Waals surface area (Å²) in [6.07, 6.45) is 4.33. The van der Waals surface area contributed by atoms with Crippen LogP contribution in [0.4, 0.5) is 4.79 Å². The van der Waals surface area contributed by atoms with Crippen LogP contribution in [0.3, 0.4) is 0 Å². The summed E-state index contributed by atoms with van der Waals surface area (Å²) in [6.45, 7) is 7.28. The average molecular weight is 223 g/mol. The van der Waals surface area contributed by atoms with Gasteiger partial charge in [0, 0.05) is 12.4 Å². The molecule has 0 aromatic carbocycles. The summed E-state index contributed by atoms with van der Waals surface area (Å²) in [4.78, 5) is 19.5. The van der Waals surface area contributed by atoms with Crippen molar-refractivity contribution in [3.05, 3.63) is 24.3 Å². The zero-order chi connectivity index (χ0) is 12.2. The van der Waals surface area contributed by atoms with E-state index in [0.717, 1.165) is 0 Å². The van der Waals surface area contributed by atoms with Crippen LogP contribution in [0.25, 0.3) is 0 Å². The molecule has 1 heterocycles. The first-order valence-electron chi connectivity index (χ1n) is 5.14. The first-order valence-corrected chi connectivity index (χ1v) is 5.14. The lowest BCUT2D eigenvalue weighted by atomic mass is 10.2. The highest BCUT2D eigenvalue weighted by molar-refractivity contribution is 5.68. The van der Waals surface area contributed by atoms with Crippen LogP contribution in [-0.4, -0.2) is 21.7 Å². The third-order valence-electron chi connectivity index (χ3n) is 1.76. The highest BCUT2D eigenvalue weighted by Gasteiger charge is 2.18. The molecule has 0 fully saturated rings. The Labute approximate surface area is 95.3 Å². The van der Waals surface area contributed by atoms with Crippen molar-refractivity contribution in [1.82, 2.24) is 15.3 Å². The molecule has 0 radical (unpaired) electrons. The molecule has 1 N–H and O–H groups in total. The van der Waals surface area contributed by atoms with Gasteiger partial charge in [0.25, 0.3) is 0 Å². The molecule has 1 unspecified atom stereocenters. The topological polar surface area (TPSA) is 64.1 Å². The Morgan fingerprint density at radius 2 is 2.12 bits per heavy atom. The predicted octanol–water partition coefficient (Wildman–Crippen LogP) is 2.06. The highest BCUT2D eigenvalue weighted by atomic mass is 16.6. The third-order valence-corrected chi connectivity index (χ3v) is 1.76. The molecule has 88 valence electrons. The van der Waals surface area contributed by atoms with Gasteiger partial charge in [-0.1, -0.05) is 0 Å². The summed E-state index contributed by atoms with van der Waals surface area (Å²) < 4.78 is 5.13. The van der Waals surface area contributed by atoms with E-state index in [9.17, 15) is 4.79 Å². The van der Waals surface area contributed by atoms with Crippen LogP contribution in [0.5, 0.6) is 0 Å². The lowest BCUT2D eigenvalue weighted by molar-refractivity contribution is 0.0507. The molecular weight excluding hydrogens is 206 g/mol. The number of ether oxygens (including phenoxy) is 1. The zero-order valence-corrected chi connectivity index (χ0v) is 10.0. The average Bonchev–Trinajstić information content (AvgIpc) is 2.16. The summed E-state index contributed by atoms with van der Waals surface area (Å²) in [5.41, 5.74) is 0.208. The molecule has 1 aromatic heterocycles. The summed E-state index contributed by atoms with van der Waals surface area (Å²) in [5.74, 6) is 0. The van der Waals surface area contributed by atoms with Gasteiger partial charge in [-0.3, -0.25) is 9.97 Å². The maximum absolute atomic E-state index is 11.5. The summed E-state index contributed by atoms with van der Waals surface area (Å²) >= 11 is 0. The fraction of sp³-hybridized carbons (Fsp3) is 0.545. The third kappa shape index (κ3) is 4.25. The number of nitrogens with zero attached hydrogens (tertiary/aromatic N) is 2. The van der Waals surface area contributed by atoms with E-state index < -0.39 is 11.7 Å². The number of aromatic nitrogens is 2. The minimum atomic E-state index is -0.494. The van der Waals surface area contributed by atoms with Gasteiger partial charge in [-0.05, 0) is 27.7 Å². The van der Waals surface area contributed by atoms with E-state index in [4.69, 9.17) is 4.74 Å². The van der Waals surface area contributed by atoms with Crippen molar-refractivity contribution in [1.29, 1.82) is 0 Å². The highest BCUT2D eigenvalue weighted by Crippen LogP contribution is 2.10. The van der Waals surface area contributed by atoms with Gasteiger partial charge < -0.3 is 10.1 Å². The van der Waals surface area contributed by atoms with Gasteiger partial charge in [0.2, 0.25) is 0 Å². The number of hydrogen-bond acceptors (Lipinski definition) is 4. The smallest absolute Gasteiger partial charge is 0.408 e. The lowest BCUT2D eigenvalue weighted by Crippen LogP contribution is -2.34. The van der Waals surface area contributed by atoms with E-state index in [2.05, 4.69) is 15.3 Å². The standard InChI is InChI=1S/C11H17N3O2/c1-8(9-7-12-5-6-13-9)14-10(15)16-11(2,3)4/h5-8H,1-4H3,(H,14,15). The Balaban J connectivity index is 2.52. The molecule has 0 saturated carbocycles. The van der Waals surface area contributed by atoms with Crippen molar-refractivity contribution in [2.45, 2.75) is 39.3 Å². The monoisotopic (exact) mass is 223 g/mol. The summed E-state index contributed by atoms with van der Waals surface area (Å²) in [7, 11) is 0. The Morgan fingerprint density at radius 3 is 2.62 bits per heavy atom. The van der Waals surface area contributed by atoms with Crippen molar-refractivity contribution in [3.8, 4) is 0 Å². The number of rotatable bonds is 2. The maximum atomic E-state index is 11.5. The van der Waals surface area contributed by atoms with Crippen LogP contribution < -0.4 is 5.32 Å². The summed E-state index contributed by atoms with van der Waals surface area (Å²) in [5, 5.41) is 2.69. The molecule has 1 amide bonds. The fourth-order valence-corrected chi connectivity index (χ4v) is 1.09. The molecule has 0 spiro atoms. The van der Waals surface area contributed by atoms with Gasteiger partial charge in [0.1, 0.15) is 5.60 Å². The first-order chi connectivity index (χ1) is 7.38. The van der Waals surface area contributed by atoms with E-state index in [1.807, 2.05) is 27.7 Å². The predicted molar refractivity (Wildman–Crippen MR) is 59.8 cm³/mol. The van der Waals surface area contributed by atoms with E-state index in [-0.39, 0.29) is 6.04 Å². The fourth-order valence-electron chi connectivity index (χ4n) is 1.09. The molecule has 5 heteroatoms. The number of carbonyl (C=O) groups is 1. The molecular formula is C11H17N3O2. The largest absolute Gasteiger partial charge is 0.444 e. The lowest BCUT2D eigenvalue weighted by Gasteiger charge is -2.21. The maximum Gasteiger partial charge on any atom is 0.408 e. The number of alkyl carbamates (subject to hydrolysis) is 1. The number of amides is 1. The Kier molecular flexibility index (Phi) is 3.82. The molecule has 1 aromatic rings. The SMILES string of the molecule is CC(NC(=O)OC(C)(C)C)c1cnccn1. The normalized spacial score (nSPS) is 13.0. The van der Waals surface area contributed by atoms with Crippen molar-refractivity contribution < 1.29 is 9.53 Å². The quantitative estimate of drug-likeness (QED) is 0.833. The van der Waals surface area contributed by atoms with Crippen molar-refractivity contribution in [3.63, 3.8) is 0 Å². The molecule has 5 nitrogen and oxygen atoms in total. The van der Waals surface area contributed by atoms with E-state index >= 15 is 0 Å². The molecule has 0 aliphatic rings. The van der Waals surface area contributed by atoms with Crippen LogP contribution in [0.1, 0.15) is 39.4 Å². The van der Waals surface area contributed by atoms with Crippen LogP contribution in [0.2, 0.25) is 0 Å². The van der Waals surface area contributed by atoms with Crippen molar-refractivity contribution in [2.24, 2.45) is 0 Å². The second kappa shape index (κ2) is 4.92. The van der Waals surface area contributed by atoms with Crippen LogP contribution in [0, 0.1) is 0 Å². The molecule has 1 atom stereocenters. The van der Waals surface area contributed by atoms with Crippen LogP contribution in [-0.2, 0) is 4.74 Å². The number of nitrogens with one attached hydrogen (secondary N) is 1. The van der Waals surface area contributed by atoms with E-state index in [1.165, 1.54) is 0 Å². The molecule has 0 aliphatic heterocycles. The second-order valence-corrected chi connectivity index (χ2v) is 4.50.